The number of fused-ring (bicyclic) bond motifs is 4. The molecule has 10 nitrogen and oxygen atoms in total. The highest BCUT2D eigenvalue weighted by Crippen LogP contribution is 2.49. The van der Waals surface area contributed by atoms with Crippen molar-refractivity contribution in [3.05, 3.63) is 70.3 Å². The van der Waals surface area contributed by atoms with Crippen LogP contribution < -0.4 is 25.7 Å². The van der Waals surface area contributed by atoms with Crippen molar-refractivity contribution < 1.29 is 23.8 Å². The lowest BCUT2D eigenvalue weighted by atomic mass is 10.0. The van der Waals surface area contributed by atoms with E-state index in [1.807, 2.05) is 62.1 Å². The zero-order valence-electron chi connectivity index (χ0n) is 26.4. The molecular weight excluding hydrogens is 589 g/mol. The number of aliphatic hydroxyl groups is 1. The molecule has 242 valence electrons. The van der Waals surface area contributed by atoms with E-state index >= 15 is 4.39 Å². The molecule has 4 aromatic rings. The number of hydrogen-bond donors (Lipinski definition) is 3. The highest BCUT2D eigenvalue weighted by molar-refractivity contribution is 6.03. The third kappa shape index (κ3) is 5.72. The SMILES string of the molecule is CC(C)(C)OC(O)N[C@@H]1CCN(c2c(F)cc3c(=O)c(C(=O)NCCN4CCCC4)cn4c3c2Oc2c-4ccc3ccccc23)C1. The molecule has 0 bridgehead atoms. The highest BCUT2D eigenvalue weighted by atomic mass is 19.1. The van der Waals surface area contributed by atoms with Crippen LogP contribution in [0.4, 0.5) is 10.1 Å². The van der Waals surface area contributed by atoms with Gasteiger partial charge in [0.05, 0.1) is 16.7 Å². The van der Waals surface area contributed by atoms with E-state index in [0.717, 1.165) is 36.7 Å². The first kappa shape index (κ1) is 30.6. The molecule has 3 aromatic carbocycles. The average Bonchev–Trinajstić information content (AvgIpc) is 3.69. The Morgan fingerprint density at radius 2 is 1.89 bits per heavy atom. The molecule has 11 heteroatoms. The van der Waals surface area contributed by atoms with Crippen LogP contribution in [0.25, 0.3) is 27.4 Å². The minimum Gasteiger partial charge on any atom is -0.450 e. The summed E-state index contributed by atoms with van der Waals surface area (Å²) in [5.41, 5.74) is 0.154. The van der Waals surface area contributed by atoms with Gasteiger partial charge in [0, 0.05) is 43.8 Å². The van der Waals surface area contributed by atoms with Crippen LogP contribution in [0.15, 0.2) is 53.5 Å². The molecular formula is C35H40FN5O5. The number of benzene rings is 3. The first-order valence-electron chi connectivity index (χ1n) is 16.1. The average molecular weight is 630 g/mol. The number of aromatic nitrogens is 1. The molecule has 1 amide bonds. The quantitative estimate of drug-likeness (QED) is 0.216. The van der Waals surface area contributed by atoms with Crippen LogP contribution in [0.1, 0.15) is 50.4 Å². The molecule has 1 unspecified atom stereocenters. The van der Waals surface area contributed by atoms with Crippen molar-refractivity contribution >= 4 is 33.3 Å². The van der Waals surface area contributed by atoms with Gasteiger partial charge in [0.15, 0.2) is 17.3 Å². The van der Waals surface area contributed by atoms with Gasteiger partial charge >= 0.3 is 0 Å². The van der Waals surface area contributed by atoms with Crippen LogP contribution in [0.3, 0.4) is 0 Å². The minimum atomic E-state index is -1.18. The van der Waals surface area contributed by atoms with Crippen molar-refractivity contribution in [2.24, 2.45) is 0 Å². The monoisotopic (exact) mass is 629 g/mol. The van der Waals surface area contributed by atoms with E-state index in [2.05, 4.69) is 15.5 Å². The molecule has 0 saturated carbocycles. The fraction of sp³-hybridized carbons (Fsp3) is 0.429. The maximum absolute atomic E-state index is 16.3. The fourth-order valence-corrected chi connectivity index (χ4v) is 6.89. The molecule has 46 heavy (non-hydrogen) atoms. The van der Waals surface area contributed by atoms with Crippen molar-refractivity contribution in [2.75, 3.05) is 44.2 Å². The summed E-state index contributed by atoms with van der Waals surface area (Å²) in [6, 6.07) is 12.7. The van der Waals surface area contributed by atoms with E-state index in [-0.39, 0.29) is 28.4 Å². The maximum atomic E-state index is 16.3. The van der Waals surface area contributed by atoms with Crippen molar-refractivity contribution in [1.29, 1.82) is 0 Å². The zero-order valence-corrected chi connectivity index (χ0v) is 26.4. The van der Waals surface area contributed by atoms with Gasteiger partial charge in [0.25, 0.3) is 5.91 Å². The Balaban J connectivity index is 1.30. The van der Waals surface area contributed by atoms with Crippen LogP contribution in [-0.2, 0) is 4.74 Å². The fourth-order valence-electron chi connectivity index (χ4n) is 6.89. The number of halogens is 1. The molecule has 1 aromatic heterocycles. The Morgan fingerprint density at radius 3 is 2.67 bits per heavy atom. The van der Waals surface area contributed by atoms with Crippen LogP contribution in [-0.4, -0.2) is 77.8 Å². The number of anilines is 1. The Kier molecular flexibility index (Phi) is 7.96. The van der Waals surface area contributed by atoms with Gasteiger partial charge in [-0.25, -0.2) is 4.39 Å². The van der Waals surface area contributed by atoms with E-state index in [9.17, 15) is 14.7 Å². The summed E-state index contributed by atoms with van der Waals surface area (Å²) in [6.07, 6.45) is 3.31. The minimum absolute atomic E-state index is 0.0497. The number of ether oxygens (including phenoxy) is 2. The van der Waals surface area contributed by atoms with Gasteiger partial charge in [-0.15, -0.1) is 0 Å². The van der Waals surface area contributed by atoms with Gasteiger partial charge in [-0.1, -0.05) is 30.3 Å². The van der Waals surface area contributed by atoms with Crippen LogP contribution >= 0.6 is 0 Å². The van der Waals surface area contributed by atoms with Crippen LogP contribution in [0.5, 0.6) is 11.5 Å². The number of nitrogens with zero attached hydrogens (tertiary/aromatic N) is 3. The van der Waals surface area contributed by atoms with Gasteiger partial charge < -0.3 is 34.3 Å². The Hall–Kier alpha value is -4.03. The number of aliphatic hydroxyl groups excluding tert-OH is 1. The number of carbonyl (C=O) groups is 1. The smallest absolute Gasteiger partial charge is 0.256 e. The zero-order chi connectivity index (χ0) is 32.2. The second kappa shape index (κ2) is 12.0. The second-order valence-electron chi connectivity index (χ2n) is 13.4. The van der Waals surface area contributed by atoms with Gasteiger partial charge in [0.2, 0.25) is 11.8 Å². The van der Waals surface area contributed by atoms with Crippen molar-refractivity contribution in [3.8, 4) is 17.2 Å². The lowest BCUT2D eigenvalue weighted by Gasteiger charge is -2.30. The summed E-state index contributed by atoms with van der Waals surface area (Å²) in [4.78, 5) is 31.5. The van der Waals surface area contributed by atoms with Gasteiger partial charge in [-0.3, -0.25) is 14.9 Å². The number of pyridine rings is 1. The molecule has 2 fully saturated rings. The molecule has 4 heterocycles. The number of amides is 1. The summed E-state index contributed by atoms with van der Waals surface area (Å²) < 4.78 is 30.3. The molecule has 0 aliphatic carbocycles. The standard InChI is InChI=1S/C35H40FN5O5/c1-35(2,3)46-34(44)38-22-12-16-40(19-22)29-26(36)18-24-28-32(29)45-31-23-9-5-4-8-21(23)10-11-27(31)41(28)20-25(30(24)42)33(43)37-13-17-39-14-6-7-15-39/h4-5,8-11,18,20,22,34,38,44H,6-7,12-17,19H2,1-3H3,(H,37,43)/t22-,34?/m1/s1. The lowest BCUT2D eigenvalue weighted by molar-refractivity contribution is -0.184. The summed E-state index contributed by atoms with van der Waals surface area (Å²) in [5.74, 6) is -0.359. The molecule has 0 spiro atoms. The number of carbonyl (C=O) groups excluding carboxylic acids is 1. The largest absolute Gasteiger partial charge is 0.450 e. The molecule has 3 N–H and O–H groups in total. The summed E-state index contributed by atoms with van der Waals surface area (Å²) in [5, 5.41) is 18.3. The number of nitrogens with one attached hydrogen (secondary N) is 2. The number of hydrogen-bond acceptors (Lipinski definition) is 8. The normalized spacial score (nSPS) is 18.6. The topological polar surface area (TPSA) is 108 Å². The molecule has 2 atom stereocenters. The first-order valence-corrected chi connectivity index (χ1v) is 16.1. The molecule has 3 aliphatic heterocycles. The van der Waals surface area contributed by atoms with E-state index < -0.39 is 29.2 Å². The Morgan fingerprint density at radius 1 is 1.11 bits per heavy atom. The van der Waals surface area contributed by atoms with E-state index in [1.54, 1.807) is 10.8 Å². The third-order valence-corrected chi connectivity index (χ3v) is 9.00. The molecule has 2 saturated heterocycles. The Labute approximate surface area is 266 Å². The predicted molar refractivity (Wildman–Crippen MR) is 176 cm³/mol. The van der Waals surface area contributed by atoms with Crippen molar-refractivity contribution in [1.82, 2.24) is 20.1 Å². The summed E-state index contributed by atoms with van der Waals surface area (Å²) in [7, 11) is 0. The third-order valence-electron chi connectivity index (χ3n) is 9.00. The van der Waals surface area contributed by atoms with Crippen molar-refractivity contribution in [3.63, 3.8) is 0 Å². The highest BCUT2D eigenvalue weighted by Gasteiger charge is 2.35. The van der Waals surface area contributed by atoms with Gasteiger partial charge in [-0.05, 0) is 70.6 Å². The molecule has 0 radical (unpaired) electrons. The maximum Gasteiger partial charge on any atom is 0.256 e. The van der Waals surface area contributed by atoms with E-state index in [4.69, 9.17) is 9.47 Å². The van der Waals surface area contributed by atoms with Crippen LogP contribution in [0, 0.1) is 5.82 Å². The van der Waals surface area contributed by atoms with Gasteiger partial charge in [-0.2, -0.15) is 0 Å². The second-order valence-corrected chi connectivity index (χ2v) is 13.4. The van der Waals surface area contributed by atoms with Crippen LogP contribution in [0.2, 0.25) is 0 Å². The molecule has 3 aliphatic rings. The summed E-state index contributed by atoms with van der Waals surface area (Å²) in [6.45, 7) is 9.58. The molecule has 7 rings (SSSR count). The van der Waals surface area contributed by atoms with Crippen molar-refractivity contribution in [2.45, 2.75) is 58.1 Å². The Bertz CT molecular complexity index is 1880. The van der Waals surface area contributed by atoms with Gasteiger partial charge in [0.1, 0.15) is 16.8 Å². The number of likely N-dealkylation sites (tertiary alicyclic amines) is 1. The lowest BCUT2D eigenvalue weighted by Crippen LogP contribution is -2.44. The summed E-state index contributed by atoms with van der Waals surface area (Å²) >= 11 is 0. The first-order chi connectivity index (χ1) is 22.1. The number of rotatable bonds is 8. The van der Waals surface area contributed by atoms with E-state index in [1.165, 1.54) is 6.07 Å². The van der Waals surface area contributed by atoms with E-state index in [0.29, 0.717) is 49.6 Å². The predicted octanol–water partition coefficient (Wildman–Crippen LogP) is 4.47.